The van der Waals surface area contributed by atoms with Crippen molar-refractivity contribution in [3.63, 3.8) is 0 Å². The molecule has 1 amide bonds. The molecule has 7 heteroatoms. The summed E-state index contributed by atoms with van der Waals surface area (Å²) in [4.78, 5) is 15.9. The Hall–Kier alpha value is -2.33. The van der Waals surface area contributed by atoms with Crippen LogP contribution in [-0.4, -0.2) is 21.1 Å². The van der Waals surface area contributed by atoms with E-state index < -0.39 is 0 Å². The molecule has 0 saturated heterocycles. The molecule has 90 valence electrons. The Morgan fingerprint density at radius 1 is 1.39 bits per heavy atom. The van der Waals surface area contributed by atoms with Gasteiger partial charge < -0.3 is 0 Å². The zero-order valence-electron chi connectivity index (χ0n) is 9.76. The van der Waals surface area contributed by atoms with Crippen LogP contribution in [0.15, 0.2) is 12.1 Å². The molecule has 6 nitrogen and oxygen atoms in total. The van der Waals surface area contributed by atoms with Gasteiger partial charge in [-0.25, -0.2) is 4.98 Å². The molecule has 2 aromatic rings. The van der Waals surface area contributed by atoms with Crippen molar-refractivity contribution in [1.82, 2.24) is 15.2 Å². The van der Waals surface area contributed by atoms with Gasteiger partial charge in [-0.2, -0.15) is 5.26 Å². The fourth-order valence-corrected chi connectivity index (χ4v) is 1.90. The number of pyridine rings is 1. The number of amides is 1. The molecule has 0 aromatic carbocycles. The van der Waals surface area contributed by atoms with Gasteiger partial charge >= 0.3 is 0 Å². The second-order valence-corrected chi connectivity index (χ2v) is 4.70. The van der Waals surface area contributed by atoms with E-state index in [4.69, 9.17) is 5.26 Å². The molecule has 0 unspecified atom stereocenters. The maximum Gasteiger partial charge on any atom is 0.276 e. The summed E-state index contributed by atoms with van der Waals surface area (Å²) in [5, 5.41) is 20.2. The molecule has 0 aliphatic carbocycles. The largest absolute Gasteiger partial charge is 0.295 e. The van der Waals surface area contributed by atoms with Gasteiger partial charge in [0.05, 0.1) is 11.3 Å². The van der Waals surface area contributed by atoms with Crippen LogP contribution >= 0.6 is 11.3 Å². The van der Waals surface area contributed by atoms with Gasteiger partial charge in [-0.05, 0) is 26.0 Å². The van der Waals surface area contributed by atoms with Crippen molar-refractivity contribution in [3.8, 4) is 6.07 Å². The Kier molecular flexibility index (Phi) is 3.30. The van der Waals surface area contributed by atoms with E-state index in [1.807, 2.05) is 6.07 Å². The predicted molar refractivity (Wildman–Crippen MR) is 66.3 cm³/mol. The first-order valence-corrected chi connectivity index (χ1v) is 5.91. The molecule has 0 aliphatic rings. The maximum atomic E-state index is 11.9. The highest BCUT2D eigenvalue weighted by Crippen LogP contribution is 2.15. The fourth-order valence-electron chi connectivity index (χ4n) is 1.31. The van der Waals surface area contributed by atoms with Gasteiger partial charge in [0.2, 0.25) is 5.13 Å². The normalized spacial score (nSPS) is 9.83. The molecule has 0 bridgehead atoms. The number of carbonyl (C=O) groups is 1. The minimum atomic E-state index is -0.362. The Labute approximate surface area is 107 Å². The number of nitrogens with zero attached hydrogens (tertiary/aromatic N) is 4. The number of nitriles is 1. The molecule has 0 saturated carbocycles. The number of aromatic nitrogens is 3. The molecule has 0 radical (unpaired) electrons. The Morgan fingerprint density at radius 3 is 2.72 bits per heavy atom. The van der Waals surface area contributed by atoms with Crippen LogP contribution in [0.4, 0.5) is 5.13 Å². The van der Waals surface area contributed by atoms with Crippen LogP contribution in [0.1, 0.15) is 26.8 Å². The molecule has 0 spiro atoms. The van der Waals surface area contributed by atoms with Gasteiger partial charge in [0, 0.05) is 0 Å². The molecule has 0 fully saturated rings. The summed E-state index contributed by atoms with van der Waals surface area (Å²) in [6.45, 7) is 3.49. The standard InChI is InChI=1S/C11H9N5OS/c1-6-8(5-12)3-4-9(13-6)10(17)14-11-16-15-7(2)18-11/h3-4H,1-2H3,(H,14,16,17). The molecular formula is C11H9N5OS. The maximum absolute atomic E-state index is 11.9. The average molecular weight is 259 g/mol. The summed E-state index contributed by atoms with van der Waals surface area (Å²) < 4.78 is 0. The van der Waals surface area contributed by atoms with E-state index in [0.29, 0.717) is 16.4 Å². The quantitative estimate of drug-likeness (QED) is 0.885. The molecule has 1 N–H and O–H groups in total. The van der Waals surface area contributed by atoms with E-state index in [0.717, 1.165) is 5.01 Å². The number of nitrogens with one attached hydrogen (secondary N) is 1. The highest BCUT2D eigenvalue weighted by atomic mass is 32.1. The summed E-state index contributed by atoms with van der Waals surface area (Å²) in [7, 11) is 0. The average Bonchev–Trinajstić information content (AvgIpc) is 2.74. The number of hydrogen-bond donors (Lipinski definition) is 1. The third kappa shape index (κ3) is 2.49. The zero-order chi connectivity index (χ0) is 13.1. The minimum absolute atomic E-state index is 0.249. The van der Waals surface area contributed by atoms with Crippen LogP contribution in [0.2, 0.25) is 0 Å². The first-order chi connectivity index (χ1) is 8.60. The number of hydrogen-bond acceptors (Lipinski definition) is 6. The van der Waals surface area contributed by atoms with Crippen molar-refractivity contribution in [2.24, 2.45) is 0 Å². The minimum Gasteiger partial charge on any atom is -0.295 e. The van der Waals surface area contributed by atoms with Crippen molar-refractivity contribution in [3.05, 3.63) is 34.1 Å². The summed E-state index contributed by atoms with van der Waals surface area (Å²) in [6, 6.07) is 5.08. The zero-order valence-corrected chi connectivity index (χ0v) is 10.6. The number of rotatable bonds is 2. The van der Waals surface area contributed by atoms with Crippen LogP contribution in [0.25, 0.3) is 0 Å². The summed E-state index contributed by atoms with van der Waals surface area (Å²) in [5.74, 6) is -0.362. The monoisotopic (exact) mass is 259 g/mol. The lowest BCUT2D eigenvalue weighted by molar-refractivity contribution is 0.102. The van der Waals surface area contributed by atoms with Gasteiger partial charge in [-0.15, -0.1) is 10.2 Å². The molecule has 0 aliphatic heterocycles. The lowest BCUT2D eigenvalue weighted by Crippen LogP contribution is -2.14. The lowest BCUT2D eigenvalue weighted by Gasteiger charge is -2.02. The van der Waals surface area contributed by atoms with E-state index in [1.165, 1.54) is 17.4 Å². The molecule has 18 heavy (non-hydrogen) atoms. The number of carbonyl (C=O) groups excluding carboxylic acids is 1. The highest BCUT2D eigenvalue weighted by molar-refractivity contribution is 7.15. The van der Waals surface area contributed by atoms with Crippen molar-refractivity contribution in [2.75, 3.05) is 5.32 Å². The summed E-state index contributed by atoms with van der Waals surface area (Å²) in [5.41, 5.74) is 1.23. The van der Waals surface area contributed by atoms with E-state index >= 15 is 0 Å². The molecule has 2 heterocycles. The van der Waals surface area contributed by atoms with E-state index in [-0.39, 0.29) is 11.6 Å². The summed E-state index contributed by atoms with van der Waals surface area (Å²) >= 11 is 1.29. The Balaban J connectivity index is 2.19. The van der Waals surface area contributed by atoms with Gasteiger partial charge in [0.1, 0.15) is 16.8 Å². The third-order valence-electron chi connectivity index (χ3n) is 2.19. The van der Waals surface area contributed by atoms with Crippen LogP contribution in [0.3, 0.4) is 0 Å². The highest BCUT2D eigenvalue weighted by Gasteiger charge is 2.11. The smallest absolute Gasteiger partial charge is 0.276 e. The Bertz CT molecular complexity index is 643. The first kappa shape index (κ1) is 12.1. The lowest BCUT2D eigenvalue weighted by atomic mass is 10.2. The van der Waals surface area contributed by atoms with Gasteiger partial charge in [0.15, 0.2) is 0 Å². The second-order valence-electron chi connectivity index (χ2n) is 3.52. The molecular weight excluding hydrogens is 250 g/mol. The van der Waals surface area contributed by atoms with Crippen molar-refractivity contribution in [1.29, 1.82) is 5.26 Å². The predicted octanol–water partition coefficient (Wildman–Crippen LogP) is 1.67. The SMILES string of the molecule is Cc1nnc(NC(=O)c2ccc(C#N)c(C)n2)s1. The van der Waals surface area contributed by atoms with E-state index in [1.54, 1.807) is 19.9 Å². The van der Waals surface area contributed by atoms with E-state index in [2.05, 4.69) is 20.5 Å². The second kappa shape index (κ2) is 4.89. The van der Waals surface area contributed by atoms with Crippen LogP contribution in [0.5, 0.6) is 0 Å². The van der Waals surface area contributed by atoms with E-state index in [9.17, 15) is 4.79 Å². The fraction of sp³-hybridized carbons (Fsp3) is 0.182. The van der Waals surface area contributed by atoms with Crippen molar-refractivity contribution >= 4 is 22.4 Å². The van der Waals surface area contributed by atoms with Crippen molar-refractivity contribution in [2.45, 2.75) is 13.8 Å². The third-order valence-corrected chi connectivity index (χ3v) is 2.94. The van der Waals surface area contributed by atoms with Crippen LogP contribution in [-0.2, 0) is 0 Å². The van der Waals surface area contributed by atoms with Gasteiger partial charge in [-0.1, -0.05) is 11.3 Å². The Morgan fingerprint density at radius 2 is 2.17 bits per heavy atom. The van der Waals surface area contributed by atoms with Gasteiger partial charge in [-0.3, -0.25) is 10.1 Å². The molecule has 2 rings (SSSR count). The van der Waals surface area contributed by atoms with Gasteiger partial charge in [0.25, 0.3) is 5.91 Å². The number of anilines is 1. The topological polar surface area (TPSA) is 91.6 Å². The molecule has 2 aromatic heterocycles. The van der Waals surface area contributed by atoms with Crippen LogP contribution in [0, 0.1) is 25.2 Å². The number of aryl methyl sites for hydroxylation is 2. The summed E-state index contributed by atoms with van der Waals surface area (Å²) in [6.07, 6.45) is 0. The first-order valence-electron chi connectivity index (χ1n) is 5.09. The molecule has 0 atom stereocenters. The van der Waals surface area contributed by atoms with Crippen LogP contribution < -0.4 is 5.32 Å². The van der Waals surface area contributed by atoms with Crippen molar-refractivity contribution < 1.29 is 4.79 Å².